The number of hydrogen-bond acceptors (Lipinski definition) is 5. The van der Waals surface area contributed by atoms with Gasteiger partial charge in [0, 0.05) is 37.2 Å². The number of guanidine groups is 1. The van der Waals surface area contributed by atoms with E-state index in [0.29, 0.717) is 37.3 Å². The summed E-state index contributed by atoms with van der Waals surface area (Å²) < 4.78 is 10.6. The van der Waals surface area contributed by atoms with Crippen LogP contribution in [0.2, 0.25) is 0 Å². The van der Waals surface area contributed by atoms with E-state index >= 15 is 0 Å². The average molecular weight is 404 g/mol. The van der Waals surface area contributed by atoms with Crippen LogP contribution in [-0.2, 0) is 6.54 Å². The van der Waals surface area contributed by atoms with Crippen molar-refractivity contribution in [1.82, 2.24) is 21.1 Å². The van der Waals surface area contributed by atoms with Crippen LogP contribution in [0.25, 0.3) is 0 Å². The number of carbonyl (C=O) groups excluding carboxylic acids is 1. The number of amides is 1. The number of aromatic nitrogens is 1. The summed E-state index contributed by atoms with van der Waals surface area (Å²) in [6.45, 7) is 10.6. The van der Waals surface area contributed by atoms with Crippen LogP contribution in [0.15, 0.2) is 32.3 Å². The summed E-state index contributed by atoms with van der Waals surface area (Å²) >= 11 is 0. The van der Waals surface area contributed by atoms with Crippen molar-refractivity contribution < 1.29 is 13.7 Å². The third kappa shape index (κ3) is 6.96. The highest BCUT2D eigenvalue weighted by molar-refractivity contribution is 5.92. The molecule has 0 saturated carbocycles. The van der Waals surface area contributed by atoms with Crippen molar-refractivity contribution in [1.29, 1.82) is 0 Å². The Morgan fingerprint density at radius 3 is 2.59 bits per heavy atom. The number of carbonyl (C=O) groups is 1. The smallest absolute Gasteiger partial charge is 0.287 e. The van der Waals surface area contributed by atoms with E-state index in [0.717, 1.165) is 42.8 Å². The Kier molecular flexibility index (Phi) is 9.27. The van der Waals surface area contributed by atoms with Gasteiger partial charge in [-0.25, -0.2) is 4.99 Å². The molecule has 0 saturated heterocycles. The van der Waals surface area contributed by atoms with Crippen LogP contribution in [0.3, 0.4) is 0 Å². The van der Waals surface area contributed by atoms with Crippen LogP contribution < -0.4 is 16.0 Å². The van der Waals surface area contributed by atoms with Crippen molar-refractivity contribution in [2.45, 2.75) is 59.4 Å². The Morgan fingerprint density at radius 2 is 1.93 bits per heavy atom. The predicted octanol–water partition coefficient (Wildman–Crippen LogP) is 3.35. The van der Waals surface area contributed by atoms with Gasteiger partial charge in [-0.15, -0.1) is 0 Å². The Labute approximate surface area is 172 Å². The monoisotopic (exact) mass is 403 g/mol. The van der Waals surface area contributed by atoms with Crippen LogP contribution in [0, 0.1) is 6.92 Å². The summed E-state index contributed by atoms with van der Waals surface area (Å²) in [7, 11) is 0. The SMILES string of the molecule is CCNC(=NCc1cc(C(CC)CC)no1)NCCCNC(=O)c1occc1C. The van der Waals surface area contributed by atoms with Gasteiger partial charge in [0.05, 0.1) is 12.0 Å². The molecule has 0 aliphatic carbocycles. The van der Waals surface area contributed by atoms with Crippen molar-refractivity contribution in [2.75, 3.05) is 19.6 Å². The second-order valence-electron chi connectivity index (χ2n) is 6.90. The first kappa shape index (κ1) is 22.5. The normalized spacial score (nSPS) is 11.7. The Bertz CT molecular complexity index is 777. The van der Waals surface area contributed by atoms with Crippen LogP contribution in [-0.4, -0.2) is 36.7 Å². The van der Waals surface area contributed by atoms with Crippen molar-refractivity contribution in [2.24, 2.45) is 4.99 Å². The van der Waals surface area contributed by atoms with Crippen LogP contribution in [0.4, 0.5) is 0 Å². The van der Waals surface area contributed by atoms with Gasteiger partial charge in [0.25, 0.3) is 5.91 Å². The first-order valence-corrected chi connectivity index (χ1v) is 10.4. The fourth-order valence-corrected chi connectivity index (χ4v) is 2.98. The molecule has 0 aromatic carbocycles. The van der Waals surface area contributed by atoms with Gasteiger partial charge >= 0.3 is 0 Å². The maximum atomic E-state index is 12.0. The molecule has 0 fully saturated rings. The van der Waals surface area contributed by atoms with Crippen LogP contribution in [0.5, 0.6) is 0 Å². The quantitative estimate of drug-likeness (QED) is 0.302. The van der Waals surface area contributed by atoms with Gasteiger partial charge in [-0.2, -0.15) is 0 Å². The second-order valence-corrected chi connectivity index (χ2v) is 6.90. The van der Waals surface area contributed by atoms with E-state index in [1.54, 1.807) is 6.07 Å². The minimum absolute atomic E-state index is 0.188. The molecule has 0 aliphatic rings. The summed E-state index contributed by atoms with van der Waals surface area (Å²) in [4.78, 5) is 16.6. The summed E-state index contributed by atoms with van der Waals surface area (Å²) in [5.74, 6) is 2.08. The van der Waals surface area contributed by atoms with Crippen molar-refractivity contribution in [3.63, 3.8) is 0 Å². The Balaban J connectivity index is 1.76. The van der Waals surface area contributed by atoms with Gasteiger partial charge in [-0.3, -0.25) is 4.79 Å². The highest BCUT2D eigenvalue weighted by atomic mass is 16.5. The number of hydrogen-bond donors (Lipinski definition) is 3. The average Bonchev–Trinajstić information content (AvgIpc) is 3.36. The van der Waals surface area contributed by atoms with Gasteiger partial charge < -0.3 is 24.9 Å². The number of nitrogens with one attached hydrogen (secondary N) is 3. The largest absolute Gasteiger partial charge is 0.459 e. The fourth-order valence-electron chi connectivity index (χ4n) is 2.98. The lowest BCUT2D eigenvalue weighted by Gasteiger charge is -2.11. The number of nitrogens with zero attached hydrogens (tertiary/aromatic N) is 2. The molecule has 8 nitrogen and oxygen atoms in total. The van der Waals surface area contributed by atoms with Crippen molar-refractivity contribution >= 4 is 11.9 Å². The predicted molar refractivity (Wildman–Crippen MR) is 113 cm³/mol. The van der Waals surface area contributed by atoms with E-state index in [1.807, 2.05) is 19.9 Å². The number of aryl methyl sites for hydroxylation is 1. The molecule has 0 atom stereocenters. The molecular formula is C21H33N5O3. The number of aliphatic imine (C=N–C) groups is 1. The van der Waals surface area contributed by atoms with Gasteiger partial charge in [-0.1, -0.05) is 19.0 Å². The van der Waals surface area contributed by atoms with Gasteiger partial charge in [-0.05, 0) is 39.2 Å². The zero-order chi connectivity index (χ0) is 21.1. The molecule has 2 rings (SSSR count). The third-order valence-electron chi connectivity index (χ3n) is 4.72. The van der Waals surface area contributed by atoms with E-state index < -0.39 is 0 Å². The molecule has 0 radical (unpaired) electrons. The summed E-state index contributed by atoms with van der Waals surface area (Å²) in [5, 5.41) is 13.5. The maximum Gasteiger partial charge on any atom is 0.287 e. The summed E-state index contributed by atoms with van der Waals surface area (Å²) in [6, 6.07) is 3.77. The Hall–Kier alpha value is -2.77. The van der Waals surface area contributed by atoms with Gasteiger partial charge in [0.1, 0.15) is 6.54 Å². The molecule has 29 heavy (non-hydrogen) atoms. The van der Waals surface area contributed by atoms with E-state index in [2.05, 4.69) is 39.9 Å². The van der Waals surface area contributed by atoms with E-state index in [-0.39, 0.29) is 5.91 Å². The zero-order valence-corrected chi connectivity index (χ0v) is 17.9. The molecule has 3 N–H and O–H groups in total. The number of furan rings is 1. The molecule has 0 bridgehead atoms. The van der Waals surface area contributed by atoms with E-state index in [1.165, 1.54) is 6.26 Å². The van der Waals surface area contributed by atoms with E-state index in [4.69, 9.17) is 8.94 Å². The lowest BCUT2D eigenvalue weighted by atomic mass is 9.99. The zero-order valence-electron chi connectivity index (χ0n) is 17.9. The maximum absolute atomic E-state index is 12.0. The molecule has 2 heterocycles. The molecule has 0 unspecified atom stereocenters. The standard InChI is InChI=1S/C21H33N5O3/c1-5-16(6-2)18-13-17(29-26-18)14-25-21(22-7-3)24-11-8-10-23-20(27)19-15(4)9-12-28-19/h9,12-13,16H,5-8,10-11,14H2,1-4H3,(H,23,27)(H2,22,24,25). The topological polar surface area (TPSA) is 105 Å². The molecule has 1 amide bonds. The van der Waals surface area contributed by atoms with Gasteiger partial charge in [0.2, 0.25) is 0 Å². The first-order chi connectivity index (χ1) is 14.1. The van der Waals surface area contributed by atoms with Gasteiger partial charge in [0.15, 0.2) is 17.5 Å². The molecular weight excluding hydrogens is 370 g/mol. The minimum Gasteiger partial charge on any atom is -0.459 e. The lowest BCUT2D eigenvalue weighted by Crippen LogP contribution is -2.38. The molecule has 0 aliphatic heterocycles. The van der Waals surface area contributed by atoms with Crippen molar-refractivity contribution in [3.8, 4) is 0 Å². The highest BCUT2D eigenvalue weighted by Crippen LogP contribution is 2.22. The third-order valence-corrected chi connectivity index (χ3v) is 4.72. The number of rotatable bonds is 11. The summed E-state index contributed by atoms with van der Waals surface area (Å²) in [5.41, 5.74) is 1.84. The molecule has 160 valence electrons. The molecule has 2 aromatic rings. The molecule has 2 aromatic heterocycles. The lowest BCUT2D eigenvalue weighted by molar-refractivity contribution is 0.0925. The highest BCUT2D eigenvalue weighted by Gasteiger charge is 2.13. The minimum atomic E-state index is -0.188. The summed E-state index contributed by atoms with van der Waals surface area (Å²) in [6.07, 6.45) is 4.38. The van der Waals surface area contributed by atoms with Crippen LogP contribution >= 0.6 is 0 Å². The fraction of sp³-hybridized carbons (Fsp3) is 0.571. The van der Waals surface area contributed by atoms with Crippen molar-refractivity contribution in [3.05, 3.63) is 41.2 Å². The molecule has 0 spiro atoms. The van der Waals surface area contributed by atoms with Crippen LogP contribution in [0.1, 0.15) is 73.5 Å². The van der Waals surface area contributed by atoms with E-state index in [9.17, 15) is 4.79 Å². The molecule has 8 heteroatoms. The second kappa shape index (κ2) is 11.9. The Morgan fingerprint density at radius 1 is 1.17 bits per heavy atom. The first-order valence-electron chi connectivity index (χ1n) is 10.4.